The predicted molar refractivity (Wildman–Crippen MR) is 106 cm³/mol. The number of nitrogens with one attached hydrogen (secondary N) is 3. The number of rotatable bonds is 5. The van der Waals surface area contributed by atoms with Gasteiger partial charge in [0.25, 0.3) is 11.5 Å². The minimum Gasteiger partial charge on any atom is -0.489 e. The average Bonchev–Trinajstić information content (AvgIpc) is 2.63. The molecule has 1 aliphatic rings. The molecule has 1 saturated heterocycles. The first-order valence-corrected chi connectivity index (χ1v) is 9.47. The second-order valence-electron chi connectivity index (χ2n) is 6.81. The number of carbonyl (C=O) groups is 1. The number of amides is 1. The van der Waals surface area contributed by atoms with Crippen molar-refractivity contribution in [3.63, 3.8) is 0 Å². The molecule has 2 aromatic rings. The lowest BCUT2D eigenvalue weighted by Crippen LogP contribution is -2.34. The fourth-order valence-electron chi connectivity index (χ4n) is 3.24. The van der Waals surface area contributed by atoms with Gasteiger partial charge in [-0.15, -0.1) is 0 Å². The van der Waals surface area contributed by atoms with Gasteiger partial charge in [0.15, 0.2) is 0 Å². The van der Waals surface area contributed by atoms with Crippen LogP contribution in [0.15, 0.2) is 29.1 Å². The highest BCUT2D eigenvalue weighted by atomic mass is 35.5. The maximum atomic E-state index is 12.6. The van der Waals surface area contributed by atoms with Crippen molar-refractivity contribution in [3.8, 4) is 5.75 Å². The molecule has 1 aliphatic heterocycles. The molecule has 2 heterocycles. The molecule has 0 saturated carbocycles. The summed E-state index contributed by atoms with van der Waals surface area (Å²) in [5.74, 6) is 0.177. The molecule has 27 heavy (non-hydrogen) atoms. The molecule has 0 spiro atoms. The van der Waals surface area contributed by atoms with Crippen LogP contribution in [0, 0.1) is 13.8 Å². The number of pyridine rings is 1. The maximum absolute atomic E-state index is 12.6. The average molecular weight is 390 g/mol. The molecule has 144 valence electrons. The monoisotopic (exact) mass is 389 g/mol. The Bertz CT molecular complexity index is 889. The molecule has 6 nitrogen and oxygen atoms in total. The van der Waals surface area contributed by atoms with Crippen LogP contribution in [0.2, 0.25) is 5.02 Å². The molecular weight excluding hydrogens is 366 g/mol. The van der Waals surface area contributed by atoms with Gasteiger partial charge in [0.05, 0.1) is 10.6 Å². The Balaban J connectivity index is 1.71. The number of ether oxygens (including phenoxy) is 1. The molecule has 0 bridgehead atoms. The second kappa shape index (κ2) is 8.59. The molecular formula is C20H24ClN3O3. The third-order valence-corrected chi connectivity index (χ3v) is 5.10. The maximum Gasteiger partial charge on any atom is 0.253 e. The van der Waals surface area contributed by atoms with Crippen molar-refractivity contribution in [1.82, 2.24) is 15.6 Å². The molecule has 1 aromatic carbocycles. The first kappa shape index (κ1) is 19.5. The van der Waals surface area contributed by atoms with Crippen molar-refractivity contribution < 1.29 is 9.53 Å². The van der Waals surface area contributed by atoms with Crippen LogP contribution in [0.5, 0.6) is 5.75 Å². The Morgan fingerprint density at radius 1 is 1.30 bits per heavy atom. The van der Waals surface area contributed by atoms with Gasteiger partial charge in [-0.25, -0.2) is 0 Å². The van der Waals surface area contributed by atoms with E-state index < -0.39 is 0 Å². The SMILES string of the molecule is Cc1cc(C)c(CNC(=O)c2cccc(OC3CCNCC3)c2Cl)c(=O)[nH]1. The summed E-state index contributed by atoms with van der Waals surface area (Å²) >= 11 is 6.42. The quantitative estimate of drug-likeness (QED) is 0.734. The number of piperidine rings is 1. The molecule has 1 aromatic heterocycles. The molecule has 1 fully saturated rings. The Kier molecular flexibility index (Phi) is 6.19. The van der Waals surface area contributed by atoms with E-state index in [9.17, 15) is 9.59 Å². The number of hydrogen-bond donors (Lipinski definition) is 3. The zero-order chi connectivity index (χ0) is 19.4. The van der Waals surface area contributed by atoms with Gasteiger partial charge in [-0.2, -0.15) is 0 Å². The van der Waals surface area contributed by atoms with Gasteiger partial charge in [0.2, 0.25) is 0 Å². The Hall–Kier alpha value is -2.31. The molecule has 0 unspecified atom stereocenters. The van der Waals surface area contributed by atoms with E-state index in [1.54, 1.807) is 18.2 Å². The minimum absolute atomic E-state index is 0.0934. The van der Waals surface area contributed by atoms with E-state index in [2.05, 4.69) is 15.6 Å². The summed E-state index contributed by atoms with van der Waals surface area (Å²) in [7, 11) is 0. The van der Waals surface area contributed by atoms with Crippen molar-refractivity contribution in [2.75, 3.05) is 13.1 Å². The topological polar surface area (TPSA) is 83.2 Å². The molecule has 3 N–H and O–H groups in total. The number of benzene rings is 1. The molecule has 1 amide bonds. The van der Waals surface area contributed by atoms with Crippen LogP contribution in [0.4, 0.5) is 0 Å². The van der Waals surface area contributed by atoms with E-state index in [1.165, 1.54) is 0 Å². The fourth-order valence-corrected chi connectivity index (χ4v) is 3.49. The number of hydrogen-bond acceptors (Lipinski definition) is 4. The lowest BCUT2D eigenvalue weighted by atomic mass is 10.1. The van der Waals surface area contributed by atoms with E-state index >= 15 is 0 Å². The highest BCUT2D eigenvalue weighted by molar-refractivity contribution is 6.35. The van der Waals surface area contributed by atoms with Crippen LogP contribution in [-0.2, 0) is 6.54 Å². The Morgan fingerprint density at radius 3 is 2.74 bits per heavy atom. The van der Waals surface area contributed by atoms with Gasteiger partial charge < -0.3 is 20.4 Å². The van der Waals surface area contributed by atoms with Crippen LogP contribution in [0.1, 0.15) is 40.0 Å². The number of H-pyrrole nitrogens is 1. The number of aromatic amines is 1. The summed E-state index contributed by atoms with van der Waals surface area (Å²) in [6.45, 7) is 5.63. The fraction of sp³-hybridized carbons (Fsp3) is 0.400. The van der Waals surface area contributed by atoms with Crippen LogP contribution in [-0.4, -0.2) is 30.1 Å². The Labute approximate surface area is 163 Å². The van der Waals surface area contributed by atoms with Crippen LogP contribution in [0.25, 0.3) is 0 Å². The van der Waals surface area contributed by atoms with Crippen LogP contribution < -0.4 is 20.9 Å². The largest absolute Gasteiger partial charge is 0.489 e. The van der Waals surface area contributed by atoms with Crippen molar-refractivity contribution >= 4 is 17.5 Å². The summed E-state index contributed by atoms with van der Waals surface area (Å²) < 4.78 is 5.98. The summed E-state index contributed by atoms with van der Waals surface area (Å²) in [6, 6.07) is 7.06. The van der Waals surface area contributed by atoms with E-state index in [0.29, 0.717) is 21.9 Å². The van der Waals surface area contributed by atoms with Gasteiger partial charge in [-0.05, 0) is 63.5 Å². The number of carbonyl (C=O) groups excluding carboxylic acids is 1. The lowest BCUT2D eigenvalue weighted by molar-refractivity contribution is 0.0949. The van der Waals surface area contributed by atoms with Gasteiger partial charge in [-0.1, -0.05) is 17.7 Å². The highest BCUT2D eigenvalue weighted by Gasteiger charge is 2.19. The van der Waals surface area contributed by atoms with Crippen molar-refractivity contribution in [1.29, 1.82) is 0 Å². The van der Waals surface area contributed by atoms with Crippen LogP contribution in [0.3, 0.4) is 0 Å². The summed E-state index contributed by atoms with van der Waals surface area (Å²) in [5, 5.41) is 6.36. The Morgan fingerprint density at radius 2 is 2.04 bits per heavy atom. The van der Waals surface area contributed by atoms with E-state index in [1.807, 2.05) is 19.9 Å². The molecule has 0 aliphatic carbocycles. The standard InChI is InChI=1S/C20H24ClN3O3/c1-12-10-13(2)24-20(26)16(12)11-23-19(25)15-4-3-5-17(18(15)21)27-14-6-8-22-9-7-14/h3-5,10,14,22H,6-9,11H2,1-2H3,(H,23,25)(H,24,26). The predicted octanol–water partition coefficient (Wildman–Crippen LogP) is 2.71. The van der Waals surface area contributed by atoms with Crippen LogP contribution >= 0.6 is 11.6 Å². The first-order valence-electron chi connectivity index (χ1n) is 9.09. The zero-order valence-electron chi connectivity index (χ0n) is 15.5. The summed E-state index contributed by atoms with van der Waals surface area (Å²) in [6.07, 6.45) is 1.90. The summed E-state index contributed by atoms with van der Waals surface area (Å²) in [4.78, 5) is 27.4. The number of aromatic nitrogens is 1. The van der Waals surface area contributed by atoms with Crippen molar-refractivity contribution in [2.24, 2.45) is 0 Å². The van der Waals surface area contributed by atoms with Gasteiger partial charge in [0.1, 0.15) is 11.9 Å². The minimum atomic E-state index is -0.338. The van der Waals surface area contributed by atoms with E-state index in [-0.39, 0.29) is 24.1 Å². The third kappa shape index (κ3) is 4.70. The molecule has 0 atom stereocenters. The van der Waals surface area contributed by atoms with Crippen molar-refractivity contribution in [3.05, 3.63) is 62.0 Å². The van der Waals surface area contributed by atoms with Gasteiger partial charge in [-0.3, -0.25) is 9.59 Å². The van der Waals surface area contributed by atoms with Crippen molar-refractivity contribution in [2.45, 2.75) is 39.3 Å². The van der Waals surface area contributed by atoms with E-state index in [0.717, 1.165) is 37.2 Å². The second-order valence-corrected chi connectivity index (χ2v) is 7.19. The highest BCUT2D eigenvalue weighted by Crippen LogP contribution is 2.30. The normalized spacial score (nSPS) is 14.8. The molecule has 0 radical (unpaired) electrons. The first-order chi connectivity index (χ1) is 13.0. The lowest BCUT2D eigenvalue weighted by Gasteiger charge is -2.24. The molecule has 3 rings (SSSR count). The number of aryl methyl sites for hydroxylation is 2. The number of halogens is 1. The third-order valence-electron chi connectivity index (χ3n) is 4.71. The van der Waals surface area contributed by atoms with E-state index in [4.69, 9.17) is 16.3 Å². The molecule has 7 heteroatoms. The summed E-state index contributed by atoms with van der Waals surface area (Å²) in [5.41, 5.74) is 2.31. The van der Waals surface area contributed by atoms with Gasteiger partial charge >= 0.3 is 0 Å². The smallest absolute Gasteiger partial charge is 0.253 e. The van der Waals surface area contributed by atoms with Gasteiger partial charge in [0, 0.05) is 17.8 Å². The zero-order valence-corrected chi connectivity index (χ0v) is 16.3.